The maximum Gasteiger partial charge on any atom is 0.0315 e. The first kappa shape index (κ1) is 12.2. The van der Waals surface area contributed by atoms with Gasteiger partial charge in [-0.1, -0.05) is 12.8 Å². The summed E-state index contributed by atoms with van der Waals surface area (Å²) in [7, 11) is 0. The molecule has 18 heavy (non-hydrogen) atoms. The van der Waals surface area contributed by atoms with E-state index in [-0.39, 0.29) is 0 Å². The van der Waals surface area contributed by atoms with E-state index in [2.05, 4.69) is 23.3 Å². The molecule has 3 rings (SSSR count). The van der Waals surface area contributed by atoms with Gasteiger partial charge in [-0.15, -0.1) is 0 Å². The van der Waals surface area contributed by atoms with Gasteiger partial charge in [-0.3, -0.25) is 4.98 Å². The molecular formula is C16H24N2. The van der Waals surface area contributed by atoms with E-state index >= 15 is 0 Å². The van der Waals surface area contributed by atoms with Crippen LogP contribution in [-0.2, 0) is 6.54 Å². The molecule has 0 aromatic carbocycles. The molecule has 0 spiro atoms. The Hall–Kier alpha value is -0.890. The first-order chi connectivity index (χ1) is 8.83. The summed E-state index contributed by atoms with van der Waals surface area (Å²) in [5.74, 6) is 2.10. The summed E-state index contributed by atoms with van der Waals surface area (Å²) in [6, 6.07) is 2.84. The Balaban J connectivity index is 1.52. The van der Waals surface area contributed by atoms with Gasteiger partial charge in [0.2, 0.25) is 0 Å². The summed E-state index contributed by atoms with van der Waals surface area (Å²) in [6.07, 6.45) is 12.6. The van der Waals surface area contributed by atoms with E-state index in [1.165, 1.54) is 49.7 Å². The van der Waals surface area contributed by atoms with Crippen LogP contribution in [0.4, 0.5) is 0 Å². The SMILES string of the molecule is Cc1ccncc1CNC1CCCC(C2CC2)C1. The summed E-state index contributed by atoms with van der Waals surface area (Å²) in [6.45, 7) is 3.16. The first-order valence-electron chi connectivity index (χ1n) is 7.46. The van der Waals surface area contributed by atoms with Crippen LogP contribution in [0.3, 0.4) is 0 Å². The molecule has 2 aliphatic rings. The summed E-state index contributed by atoms with van der Waals surface area (Å²) < 4.78 is 0. The normalized spacial score (nSPS) is 28.3. The highest BCUT2D eigenvalue weighted by Gasteiger charge is 2.34. The second kappa shape index (κ2) is 5.40. The number of aromatic nitrogens is 1. The van der Waals surface area contributed by atoms with Crippen LogP contribution in [0.15, 0.2) is 18.5 Å². The van der Waals surface area contributed by atoms with Crippen molar-refractivity contribution in [3.63, 3.8) is 0 Å². The van der Waals surface area contributed by atoms with E-state index in [4.69, 9.17) is 0 Å². The Morgan fingerprint density at radius 1 is 1.22 bits per heavy atom. The third kappa shape index (κ3) is 2.92. The molecule has 0 saturated heterocycles. The monoisotopic (exact) mass is 244 g/mol. The maximum absolute atomic E-state index is 4.22. The number of rotatable bonds is 4. The maximum atomic E-state index is 4.22. The second-order valence-electron chi connectivity index (χ2n) is 6.14. The molecule has 2 nitrogen and oxygen atoms in total. The quantitative estimate of drug-likeness (QED) is 0.877. The van der Waals surface area contributed by atoms with Crippen molar-refractivity contribution in [2.45, 2.75) is 58.0 Å². The van der Waals surface area contributed by atoms with E-state index in [0.717, 1.165) is 24.4 Å². The Labute approximate surface area is 110 Å². The highest BCUT2D eigenvalue weighted by molar-refractivity contribution is 5.21. The Morgan fingerprint density at radius 2 is 2.11 bits per heavy atom. The van der Waals surface area contributed by atoms with Crippen molar-refractivity contribution in [1.82, 2.24) is 10.3 Å². The van der Waals surface area contributed by atoms with Gasteiger partial charge in [0, 0.05) is 25.0 Å². The average molecular weight is 244 g/mol. The van der Waals surface area contributed by atoms with E-state index < -0.39 is 0 Å². The third-order valence-corrected chi connectivity index (χ3v) is 4.73. The Kier molecular flexibility index (Phi) is 3.64. The smallest absolute Gasteiger partial charge is 0.0315 e. The van der Waals surface area contributed by atoms with Crippen molar-refractivity contribution >= 4 is 0 Å². The van der Waals surface area contributed by atoms with E-state index in [9.17, 15) is 0 Å². The topological polar surface area (TPSA) is 24.9 Å². The third-order valence-electron chi connectivity index (χ3n) is 4.73. The summed E-state index contributed by atoms with van der Waals surface area (Å²) in [5, 5.41) is 3.75. The van der Waals surface area contributed by atoms with Gasteiger partial charge in [0.25, 0.3) is 0 Å². The highest BCUT2D eigenvalue weighted by Crippen LogP contribution is 2.43. The number of hydrogen-bond acceptors (Lipinski definition) is 2. The van der Waals surface area contributed by atoms with Gasteiger partial charge in [0.05, 0.1) is 0 Å². The first-order valence-corrected chi connectivity index (χ1v) is 7.46. The van der Waals surface area contributed by atoms with Gasteiger partial charge in [-0.25, -0.2) is 0 Å². The van der Waals surface area contributed by atoms with Gasteiger partial charge >= 0.3 is 0 Å². The van der Waals surface area contributed by atoms with Crippen molar-refractivity contribution in [2.24, 2.45) is 11.8 Å². The fourth-order valence-electron chi connectivity index (χ4n) is 3.34. The molecule has 2 aliphatic carbocycles. The van der Waals surface area contributed by atoms with Crippen LogP contribution >= 0.6 is 0 Å². The fourth-order valence-corrected chi connectivity index (χ4v) is 3.34. The highest BCUT2D eigenvalue weighted by atomic mass is 14.9. The van der Waals surface area contributed by atoms with Crippen LogP contribution in [0, 0.1) is 18.8 Å². The van der Waals surface area contributed by atoms with Crippen LogP contribution in [0.5, 0.6) is 0 Å². The predicted octanol–water partition coefficient (Wildman–Crippen LogP) is 3.45. The number of nitrogens with zero attached hydrogens (tertiary/aromatic N) is 1. The molecule has 2 heteroatoms. The van der Waals surface area contributed by atoms with Gasteiger partial charge in [0.1, 0.15) is 0 Å². The lowest BCUT2D eigenvalue weighted by Gasteiger charge is -2.30. The summed E-state index contributed by atoms with van der Waals surface area (Å²) >= 11 is 0. The molecule has 1 heterocycles. The predicted molar refractivity (Wildman–Crippen MR) is 74.3 cm³/mol. The van der Waals surface area contributed by atoms with Crippen molar-refractivity contribution in [1.29, 1.82) is 0 Å². The molecule has 0 amide bonds. The second-order valence-corrected chi connectivity index (χ2v) is 6.14. The van der Waals surface area contributed by atoms with Crippen molar-refractivity contribution in [3.8, 4) is 0 Å². The van der Waals surface area contributed by atoms with Gasteiger partial charge in [-0.2, -0.15) is 0 Å². The number of hydrogen-bond donors (Lipinski definition) is 1. The van der Waals surface area contributed by atoms with Crippen LogP contribution in [0.1, 0.15) is 49.7 Å². The Morgan fingerprint density at radius 3 is 2.89 bits per heavy atom. The zero-order valence-corrected chi connectivity index (χ0v) is 11.4. The zero-order valence-electron chi connectivity index (χ0n) is 11.4. The lowest BCUT2D eigenvalue weighted by molar-refractivity contribution is 0.260. The molecule has 1 aromatic rings. The van der Waals surface area contributed by atoms with Crippen molar-refractivity contribution in [3.05, 3.63) is 29.6 Å². The van der Waals surface area contributed by atoms with Crippen LogP contribution < -0.4 is 5.32 Å². The number of nitrogens with one attached hydrogen (secondary N) is 1. The van der Waals surface area contributed by atoms with Gasteiger partial charge < -0.3 is 5.32 Å². The molecule has 0 aliphatic heterocycles. The molecule has 1 aromatic heterocycles. The summed E-state index contributed by atoms with van der Waals surface area (Å²) in [5.41, 5.74) is 2.71. The van der Waals surface area contributed by atoms with Crippen molar-refractivity contribution < 1.29 is 0 Å². The molecule has 98 valence electrons. The molecule has 2 atom stereocenters. The fraction of sp³-hybridized carbons (Fsp3) is 0.688. The molecule has 1 N–H and O–H groups in total. The molecular weight excluding hydrogens is 220 g/mol. The lowest BCUT2D eigenvalue weighted by atomic mass is 9.82. The number of aryl methyl sites for hydroxylation is 1. The van der Waals surface area contributed by atoms with Crippen LogP contribution in [0.25, 0.3) is 0 Å². The van der Waals surface area contributed by atoms with E-state index in [1.807, 2.05) is 12.4 Å². The standard InChI is InChI=1S/C16H24N2/c1-12-7-8-17-10-15(12)11-18-16-4-2-3-14(9-16)13-5-6-13/h7-8,10,13-14,16,18H,2-6,9,11H2,1H3. The van der Waals surface area contributed by atoms with Crippen molar-refractivity contribution in [2.75, 3.05) is 0 Å². The molecule has 2 saturated carbocycles. The minimum absolute atomic E-state index is 0.740. The average Bonchev–Trinajstić information content (AvgIpc) is 3.23. The Bertz CT molecular complexity index is 398. The minimum Gasteiger partial charge on any atom is -0.310 e. The van der Waals surface area contributed by atoms with Crippen LogP contribution in [-0.4, -0.2) is 11.0 Å². The van der Waals surface area contributed by atoms with Gasteiger partial charge in [0.15, 0.2) is 0 Å². The summed E-state index contributed by atoms with van der Waals surface area (Å²) in [4.78, 5) is 4.22. The van der Waals surface area contributed by atoms with E-state index in [0.29, 0.717) is 0 Å². The molecule has 2 fully saturated rings. The molecule has 2 unspecified atom stereocenters. The molecule has 0 bridgehead atoms. The van der Waals surface area contributed by atoms with Crippen LogP contribution in [0.2, 0.25) is 0 Å². The minimum atomic E-state index is 0.740. The zero-order chi connectivity index (χ0) is 12.4. The number of pyridine rings is 1. The molecule has 0 radical (unpaired) electrons. The van der Waals surface area contributed by atoms with E-state index in [1.54, 1.807) is 0 Å². The largest absolute Gasteiger partial charge is 0.310 e. The lowest BCUT2D eigenvalue weighted by Crippen LogP contribution is -2.34. The van der Waals surface area contributed by atoms with Gasteiger partial charge in [-0.05, 0) is 61.6 Å².